The number of aryl methyl sites for hydroxylation is 1. The van der Waals surface area contributed by atoms with Crippen LogP contribution in [0.1, 0.15) is 25.8 Å². The van der Waals surface area contributed by atoms with Gasteiger partial charge in [-0.15, -0.1) is 0 Å². The van der Waals surface area contributed by atoms with Gasteiger partial charge in [-0.05, 0) is 32.3 Å². The van der Waals surface area contributed by atoms with Crippen LogP contribution >= 0.6 is 0 Å². The average Bonchev–Trinajstić information content (AvgIpc) is 2.24. The van der Waals surface area contributed by atoms with Crippen LogP contribution < -0.4 is 4.72 Å². The summed E-state index contributed by atoms with van der Waals surface area (Å²) < 4.78 is 25.6. The first kappa shape index (κ1) is 15.7. The molecule has 2 N–H and O–H groups in total. The molecule has 1 aromatic carbocycles. The Kier molecular flexibility index (Phi) is 5.08. The first-order valence-electron chi connectivity index (χ1n) is 5.98. The van der Waals surface area contributed by atoms with Gasteiger partial charge in [-0.2, -0.15) is 0 Å². The van der Waals surface area contributed by atoms with Crippen LogP contribution in [0.25, 0.3) is 0 Å². The van der Waals surface area contributed by atoms with Gasteiger partial charge in [-0.3, -0.25) is 4.79 Å². The Labute approximate surface area is 113 Å². The Hall–Kier alpha value is -1.40. The zero-order valence-corrected chi connectivity index (χ0v) is 11.9. The first-order valence-corrected chi connectivity index (χ1v) is 7.63. The summed E-state index contributed by atoms with van der Waals surface area (Å²) in [6.07, 6.45) is 1.32. The number of hydrogen-bond donors (Lipinski definition) is 2. The lowest BCUT2D eigenvalue weighted by Crippen LogP contribution is -2.45. The lowest BCUT2D eigenvalue weighted by molar-refractivity contribution is -0.134. The summed E-state index contributed by atoms with van der Waals surface area (Å²) in [5.74, 6) is -2.26. The highest BCUT2D eigenvalue weighted by Gasteiger charge is 2.26. The molecule has 0 saturated heterocycles. The number of carbonyl (C=O) groups is 1. The minimum atomic E-state index is -3.79. The number of aliphatic carboxylic acids is 1. The van der Waals surface area contributed by atoms with E-state index in [2.05, 4.69) is 4.72 Å². The largest absolute Gasteiger partial charge is 0.480 e. The van der Waals surface area contributed by atoms with E-state index in [9.17, 15) is 13.2 Å². The molecule has 0 aliphatic carbocycles. The molecule has 6 heteroatoms. The topological polar surface area (TPSA) is 83.5 Å². The maximum Gasteiger partial charge on any atom is 0.320 e. The molecule has 0 fully saturated rings. The summed E-state index contributed by atoms with van der Waals surface area (Å²) >= 11 is 0. The first-order chi connectivity index (χ1) is 8.70. The number of sulfonamides is 1. The normalized spacial score (nSPS) is 12.3. The van der Waals surface area contributed by atoms with Crippen molar-refractivity contribution in [3.05, 3.63) is 35.9 Å². The number of hydrogen-bond acceptors (Lipinski definition) is 3. The minimum Gasteiger partial charge on any atom is -0.480 e. The van der Waals surface area contributed by atoms with Crippen LogP contribution in [-0.2, 0) is 21.2 Å². The third-order valence-corrected chi connectivity index (χ3v) is 4.12. The van der Waals surface area contributed by atoms with Crippen LogP contribution in [0.5, 0.6) is 0 Å². The van der Waals surface area contributed by atoms with Crippen molar-refractivity contribution in [1.82, 2.24) is 4.72 Å². The molecule has 0 bridgehead atoms. The molecular weight excluding hydrogens is 266 g/mol. The second kappa shape index (κ2) is 6.16. The van der Waals surface area contributed by atoms with E-state index in [-0.39, 0.29) is 0 Å². The van der Waals surface area contributed by atoms with E-state index in [1.807, 2.05) is 30.3 Å². The SMILES string of the molecule is CC(C)(CCc1ccccc1)NS(=O)(=O)CC(=O)O. The van der Waals surface area contributed by atoms with E-state index in [0.717, 1.165) is 12.0 Å². The molecule has 0 saturated carbocycles. The monoisotopic (exact) mass is 285 g/mol. The Morgan fingerprint density at radius 3 is 2.37 bits per heavy atom. The van der Waals surface area contributed by atoms with Crippen LogP contribution in [0.15, 0.2) is 30.3 Å². The Morgan fingerprint density at radius 2 is 1.84 bits per heavy atom. The van der Waals surface area contributed by atoms with Crippen molar-refractivity contribution >= 4 is 16.0 Å². The van der Waals surface area contributed by atoms with Crippen LogP contribution in [0.4, 0.5) is 0 Å². The van der Waals surface area contributed by atoms with E-state index < -0.39 is 27.3 Å². The van der Waals surface area contributed by atoms with Gasteiger partial charge in [0.05, 0.1) is 0 Å². The number of carboxylic acid groups (broad SMARTS) is 1. The average molecular weight is 285 g/mol. The third-order valence-electron chi connectivity index (χ3n) is 2.63. The predicted octanol–water partition coefficient (Wildman–Crippen LogP) is 1.40. The standard InChI is InChI=1S/C13H19NO4S/c1-13(2,14-19(17,18)10-12(15)16)9-8-11-6-4-3-5-7-11/h3-7,14H,8-10H2,1-2H3,(H,15,16). The summed E-state index contributed by atoms with van der Waals surface area (Å²) in [7, 11) is -3.79. The predicted molar refractivity (Wildman–Crippen MR) is 73.4 cm³/mol. The molecule has 0 heterocycles. The molecule has 0 unspecified atom stereocenters. The highest BCUT2D eigenvalue weighted by Crippen LogP contribution is 2.14. The number of nitrogens with one attached hydrogen (secondary N) is 1. The van der Waals surface area contributed by atoms with Gasteiger partial charge in [-0.25, -0.2) is 13.1 Å². The molecule has 0 amide bonds. The van der Waals surface area contributed by atoms with E-state index in [1.54, 1.807) is 13.8 Å². The Morgan fingerprint density at radius 1 is 1.26 bits per heavy atom. The minimum absolute atomic E-state index is 0.593. The van der Waals surface area contributed by atoms with Crippen molar-refractivity contribution < 1.29 is 18.3 Å². The van der Waals surface area contributed by atoms with Gasteiger partial charge in [-0.1, -0.05) is 30.3 Å². The fraction of sp³-hybridized carbons (Fsp3) is 0.462. The van der Waals surface area contributed by atoms with Crippen LogP contribution in [0.2, 0.25) is 0 Å². The molecule has 1 rings (SSSR count). The summed E-state index contributed by atoms with van der Waals surface area (Å²) in [6.45, 7) is 3.49. The third kappa shape index (κ3) is 6.35. The van der Waals surface area contributed by atoms with E-state index >= 15 is 0 Å². The van der Waals surface area contributed by atoms with Crippen molar-refractivity contribution in [3.8, 4) is 0 Å². The quantitative estimate of drug-likeness (QED) is 0.793. The molecule has 0 aliphatic rings. The molecule has 0 spiro atoms. The zero-order valence-electron chi connectivity index (χ0n) is 11.1. The summed E-state index contributed by atoms with van der Waals surface area (Å²) in [4.78, 5) is 10.5. The number of benzene rings is 1. The molecule has 106 valence electrons. The maximum absolute atomic E-state index is 11.6. The zero-order chi connectivity index (χ0) is 14.5. The number of rotatable bonds is 7. The molecule has 19 heavy (non-hydrogen) atoms. The van der Waals surface area contributed by atoms with Gasteiger partial charge in [0.2, 0.25) is 10.0 Å². The summed E-state index contributed by atoms with van der Waals surface area (Å²) in [5.41, 5.74) is 0.442. The van der Waals surface area contributed by atoms with Crippen molar-refractivity contribution in [3.63, 3.8) is 0 Å². The van der Waals surface area contributed by atoms with Crippen LogP contribution in [0.3, 0.4) is 0 Å². The van der Waals surface area contributed by atoms with Crippen LogP contribution in [0, 0.1) is 0 Å². The lowest BCUT2D eigenvalue weighted by atomic mass is 9.97. The van der Waals surface area contributed by atoms with E-state index in [1.165, 1.54) is 0 Å². The van der Waals surface area contributed by atoms with Gasteiger partial charge in [0.15, 0.2) is 5.75 Å². The molecule has 5 nitrogen and oxygen atoms in total. The van der Waals surface area contributed by atoms with Crippen molar-refractivity contribution in [2.75, 3.05) is 5.75 Å². The van der Waals surface area contributed by atoms with Gasteiger partial charge in [0, 0.05) is 5.54 Å². The summed E-state index contributed by atoms with van der Waals surface area (Å²) in [5, 5.41) is 8.53. The highest BCUT2D eigenvalue weighted by molar-refractivity contribution is 7.90. The highest BCUT2D eigenvalue weighted by atomic mass is 32.2. The van der Waals surface area contributed by atoms with Gasteiger partial charge < -0.3 is 5.11 Å². The smallest absolute Gasteiger partial charge is 0.320 e. The maximum atomic E-state index is 11.6. The second-order valence-electron chi connectivity index (χ2n) is 5.12. The van der Waals surface area contributed by atoms with Crippen molar-refractivity contribution in [1.29, 1.82) is 0 Å². The number of carboxylic acids is 1. The van der Waals surface area contributed by atoms with Crippen LogP contribution in [-0.4, -0.2) is 30.8 Å². The summed E-state index contributed by atoms with van der Waals surface area (Å²) in [6, 6.07) is 9.72. The van der Waals surface area contributed by atoms with Gasteiger partial charge in [0.25, 0.3) is 0 Å². The van der Waals surface area contributed by atoms with E-state index in [4.69, 9.17) is 5.11 Å². The van der Waals surface area contributed by atoms with Gasteiger partial charge in [0.1, 0.15) is 0 Å². The molecular formula is C13H19NO4S. The Balaban J connectivity index is 2.59. The molecule has 0 aliphatic heterocycles. The molecule has 0 atom stereocenters. The fourth-order valence-electron chi connectivity index (χ4n) is 1.77. The van der Waals surface area contributed by atoms with Crippen molar-refractivity contribution in [2.45, 2.75) is 32.2 Å². The Bertz CT molecular complexity index is 523. The van der Waals surface area contributed by atoms with Crippen molar-refractivity contribution in [2.24, 2.45) is 0 Å². The molecule has 1 aromatic rings. The van der Waals surface area contributed by atoms with Gasteiger partial charge >= 0.3 is 5.97 Å². The second-order valence-corrected chi connectivity index (χ2v) is 6.85. The fourth-order valence-corrected chi connectivity index (χ4v) is 3.11. The lowest BCUT2D eigenvalue weighted by Gasteiger charge is -2.25. The molecule has 0 aromatic heterocycles. The van der Waals surface area contributed by atoms with E-state index in [0.29, 0.717) is 6.42 Å². The molecule has 0 radical (unpaired) electrons.